The Kier molecular flexibility index (Phi) is 7.22. The maximum absolute atomic E-state index is 13.2. The summed E-state index contributed by atoms with van der Waals surface area (Å²) in [5, 5.41) is 2.64. The van der Waals surface area contributed by atoms with Gasteiger partial charge in [-0.3, -0.25) is 14.4 Å². The Labute approximate surface area is 177 Å². The van der Waals surface area contributed by atoms with Crippen LogP contribution in [0.2, 0.25) is 0 Å². The van der Waals surface area contributed by atoms with Crippen LogP contribution in [0.25, 0.3) is 0 Å². The fourth-order valence-electron chi connectivity index (χ4n) is 3.92. The predicted octanol–water partition coefficient (Wildman–Crippen LogP) is 3.22. The number of amides is 2. The van der Waals surface area contributed by atoms with Crippen molar-refractivity contribution in [2.24, 2.45) is 0 Å². The lowest BCUT2D eigenvalue weighted by Gasteiger charge is -2.31. The Morgan fingerprint density at radius 2 is 1.80 bits per heavy atom. The molecule has 1 saturated carbocycles. The summed E-state index contributed by atoms with van der Waals surface area (Å²) in [7, 11) is 1.75. The fourth-order valence-corrected chi connectivity index (χ4v) is 3.92. The molecule has 1 heterocycles. The molecule has 1 aromatic carbocycles. The average molecular weight is 408 g/mol. The molecular formula is C24H29N3O3. The number of rotatable bonds is 7. The molecule has 0 bridgehead atoms. The monoisotopic (exact) mass is 407 g/mol. The fraction of sp³-hybridized carbons (Fsp3) is 0.375. The van der Waals surface area contributed by atoms with Gasteiger partial charge in [-0.2, -0.15) is 0 Å². The quantitative estimate of drug-likeness (QED) is 0.717. The maximum Gasteiger partial charge on any atom is 0.259 e. The highest BCUT2D eigenvalue weighted by molar-refractivity contribution is 5.99. The van der Waals surface area contributed by atoms with Crippen molar-refractivity contribution < 1.29 is 9.59 Å². The van der Waals surface area contributed by atoms with Crippen LogP contribution in [0.1, 0.15) is 58.4 Å². The summed E-state index contributed by atoms with van der Waals surface area (Å²) in [6, 6.07) is 9.84. The zero-order chi connectivity index (χ0) is 21.5. The van der Waals surface area contributed by atoms with Crippen LogP contribution in [-0.4, -0.2) is 40.9 Å². The van der Waals surface area contributed by atoms with Gasteiger partial charge in [0.15, 0.2) is 0 Å². The Balaban J connectivity index is 1.98. The number of carbonyl (C=O) groups is 2. The lowest BCUT2D eigenvalue weighted by molar-refractivity contribution is 0.0694. The molecule has 158 valence electrons. The van der Waals surface area contributed by atoms with Crippen molar-refractivity contribution in [1.82, 2.24) is 14.8 Å². The van der Waals surface area contributed by atoms with Crippen molar-refractivity contribution in [2.45, 2.75) is 44.7 Å². The number of nitrogens with zero attached hydrogens (tertiary/aromatic N) is 2. The minimum atomic E-state index is -0.534. The summed E-state index contributed by atoms with van der Waals surface area (Å²) in [5.41, 5.74) is 0.479. The second kappa shape index (κ2) is 10.1. The van der Waals surface area contributed by atoms with E-state index in [1.54, 1.807) is 28.8 Å². The Hall–Kier alpha value is -3.15. The summed E-state index contributed by atoms with van der Waals surface area (Å²) in [6.07, 6.45) is 9.88. The van der Waals surface area contributed by atoms with E-state index in [-0.39, 0.29) is 29.6 Å². The third kappa shape index (κ3) is 5.06. The number of benzene rings is 1. The maximum atomic E-state index is 13.2. The molecule has 1 N–H and O–H groups in total. The van der Waals surface area contributed by atoms with Crippen molar-refractivity contribution >= 4 is 11.8 Å². The molecule has 0 saturated heterocycles. The van der Waals surface area contributed by atoms with Crippen LogP contribution < -0.4 is 10.7 Å². The summed E-state index contributed by atoms with van der Waals surface area (Å²) >= 11 is 0. The van der Waals surface area contributed by atoms with Gasteiger partial charge in [0.25, 0.3) is 11.8 Å². The average Bonchev–Trinajstić information content (AvgIpc) is 2.78. The highest BCUT2D eigenvalue weighted by atomic mass is 16.2. The molecule has 1 aromatic heterocycles. The van der Waals surface area contributed by atoms with Gasteiger partial charge in [0.1, 0.15) is 11.1 Å². The van der Waals surface area contributed by atoms with Gasteiger partial charge < -0.3 is 14.8 Å². The number of hydrogen-bond acceptors (Lipinski definition) is 3. The largest absolute Gasteiger partial charge is 0.348 e. The highest BCUT2D eigenvalue weighted by Crippen LogP contribution is 2.22. The van der Waals surface area contributed by atoms with Crippen molar-refractivity contribution in [2.75, 3.05) is 13.6 Å². The van der Waals surface area contributed by atoms with Gasteiger partial charge in [0.05, 0.1) is 0 Å². The minimum Gasteiger partial charge on any atom is -0.348 e. The van der Waals surface area contributed by atoms with Gasteiger partial charge in [0, 0.05) is 38.6 Å². The molecule has 3 rings (SSSR count). The van der Waals surface area contributed by atoms with Crippen LogP contribution in [0.3, 0.4) is 0 Å². The lowest BCUT2D eigenvalue weighted by Crippen LogP contribution is -2.41. The molecule has 0 radical (unpaired) electrons. The first kappa shape index (κ1) is 21.6. The predicted molar refractivity (Wildman–Crippen MR) is 118 cm³/mol. The van der Waals surface area contributed by atoms with E-state index in [0.717, 1.165) is 31.2 Å². The second-order valence-electron chi connectivity index (χ2n) is 7.78. The van der Waals surface area contributed by atoms with Crippen molar-refractivity contribution in [3.8, 4) is 0 Å². The normalized spacial score (nSPS) is 14.2. The van der Waals surface area contributed by atoms with Gasteiger partial charge >= 0.3 is 0 Å². The van der Waals surface area contributed by atoms with E-state index in [1.807, 2.05) is 30.3 Å². The molecule has 1 aliphatic carbocycles. The van der Waals surface area contributed by atoms with Crippen LogP contribution in [0, 0.1) is 0 Å². The van der Waals surface area contributed by atoms with E-state index in [2.05, 4.69) is 11.9 Å². The van der Waals surface area contributed by atoms with E-state index in [1.165, 1.54) is 12.6 Å². The first-order valence-corrected chi connectivity index (χ1v) is 10.5. The first-order valence-electron chi connectivity index (χ1n) is 10.5. The number of nitrogens with one attached hydrogen (secondary N) is 1. The van der Waals surface area contributed by atoms with Gasteiger partial charge in [-0.05, 0) is 18.4 Å². The van der Waals surface area contributed by atoms with Crippen LogP contribution in [0.5, 0.6) is 0 Å². The lowest BCUT2D eigenvalue weighted by atomic mass is 9.94. The molecule has 0 atom stereocenters. The molecule has 6 heteroatoms. The van der Waals surface area contributed by atoms with Crippen molar-refractivity contribution in [3.05, 3.63) is 82.3 Å². The number of carbonyl (C=O) groups excluding carboxylic acids is 2. The van der Waals surface area contributed by atoms with E-state index >= 15 is 0 Å². The summed E-state index contributed by atoms with van der Waals surface area (Å²) in [5.74, 6) is -0.830. The Bertz CT molecular complexity index is 959. The van der Waals surface area contributed by atoms with Gasteiger partial charge in [0.2, 0.25) is 5.43 Å². The molecular weight excluding hydrogens is 378 g/mol. The number of aromatic nitrogens is 1. The zero-order valence-electron chi connectivity index (χ0n) is 17.5. The van der Waals surface area contributed by atoms with E-state index in [0.29, 0.717) is 6.54 Å². The summed E-state index contributed by atoms with van der Waals surface area (Å²) in [6.45, 7) is 4.29. The topological polar surface area (TPSA) is 71.4 Å². The number of hydrogen-bond donors (Lipinski definition) is 1. The van der Waals surface area contributed by atoms with Crippen molar-refractivity contribution in [1.29, 1.82) is 0 Å². The third-order valence-corrected chi connectivity index (χ3v) is 5.61. The van der Waals surface area contributed by atoms with Crippen LogP contribution in [-0.2, 0) is 6.54 Å². The van der Waals surface area contributed by atoms with Crippen molar-refractivity contribution in [3.63, 3.8) is 0 Å². The summed E-state index contributed by atoms with van der Waals surface area (Å²) in [4.78, 5) is 40.5. The molecule has 6 nitrogen and oxygen atoms in total. The molecule has 0 spiro atoms. The SMILES string of the molecule is C=CCNC(=O)c1cn(Cc2ccccc2)cc(C(=O)N(C)C2CCCCC2)c1=O. The van der Waals surface area contributed by atoms with Crippen LogP contribution >= 0.6 is 0 Å². The molecule has 0 unspecified atom stereocenters. The van der Waals surface area contributed by atoms with Gasteiger partial charge in [-0.1, -0.05) is 55.7 Å². The number of pyridine rings is 1. The first-order chi connectivity index (χ1) is 14.5. The molecule has 1 aliphatic rings. The van der Waals surface area contributed by atoms with Crippen LogP contribution in [0.4, 0.5) is 0 Å². The van der Waals surface area contributed by atoms with Crippen LogP contribution in [0.15, 0.2) is 60.2 Å². The van der Waals surface area contributed by atoms with E-state index in [4.69, 9.17) is 0 Å². The van der Waals surface area contributed by atoms with Gasteiger partial charge in [-0.25, -0.2) is 0 Å². The minimum absolute atomic E-state index is 0.0318. The third-order valence-electron chi connectivity index (χ3n) is 5.61. The summed E-state index contributed by atoms with van der Waals surface area (Å²) < 4.78 is 1.74. The van der Waals surface area contributed by atoms with E-state index in [9.17, 15) is 14.4 Å². The standard InChI is InChI=1S/C24H29N3O3/c1-3-14-25-23(29)20-16-27(15-18-10-6-4-7-11-18)17-21(22(20)28)24(30)26(2)19-12-8-5-9-13-19/h3-4,6-7,10-11,16-17,19H,1,5,8-9,12-15H2,2H3,(H,25,29). The molecule has 1 fully saturated rings. The highest BCUT2D eigenvalue weighted by Gasteiger charge is 2.26. The molecule has 2 aromatic rings. The Morgan fingerprint density at radius 1 is 1.13 bits per heavy atom. The molecule has 0 aliphatic heterocycles. The Morgan fingerprint density at radius 3 is 2.47 bits per heavy atom. The zero-order valence-corrected chi connectivity index (χ0v) is 17.5. The smallest absolute Gasteiger partial charge is 0.259 e. The second-order valence-corrected chi connectivity index (χ2v) is 7.78. The van der Waals surface area contributed by atoms with Gasteiger partial charge in [-0.15, -0.1) is 6.58 Å². The molecule has 30 heavy (non-hydrogen) atoms. The molecule has 2 amide bonds. The van der Waals surface area contributed by atoms with E-state index < -0.39 is 11.3 Å².